The van der Waals surface area contributed by atoms with Crippen LogP contribution in [-0.2, 0) is 4.79 Å². The van der Waals surface area contributed by atoms with Crippen molar-refractivity contribution in [1.29, 1.82) is 0 Å². The molecular formula is C13H13BrN4O3. The minimum atomic E-state index is -1.08. The largest absolute Gasteiger partial charge is 0.478 e. The van der Waals surface area contributed by atoms with Crippen LogP contribution in [0.4, 0.5) is 5.69 Å². The quantitative estimate of drug-likeness (QED) is 0.510. The van der Waals surface area contributed by atoms with Gasteiger partial charge in [0.2, 0.25) is 5.91 Å². The van der Waals surface area contributed by atoms with E-state index in [9.17, 15) is 14.7 Å². The average molecular weight is 353 g/mol. The van der Waals surface area contributed by atoms with Crippen LogP contribution in [-0.4, -0.2) is 30.1 Å². The third kappa shape index (κ3) is 3.17. The number of nitrogens with zero attached hydrogens (tertiary/aromatic N) is 4. The van der Waals surface area contributed by atoms with Gasteiger partial charge in [-0.3, -0.25) is 4.79 Å². The van der Waals surface area contributed by atoms with Gasteiger partial charge in [0.1, 0.15) is 0 Å². The van der Waals surface area contributed by atoms with E-state index in [0.29, 0.717) is 22.3 Å². The fraction of sp³-hybridized carbons (Fsp3) is 0.385. The number of aryl methyl sites for hydroxylation is 1. The average Bonchev–Trinajstić information content (AvgIpc) is 2.76. The zero-order valence-corrected chi connectivity index (χ0v) is 12.9. The molecule has 1 aliphatic heterocycles. The third-order valence-corrected chi connectivity index (χ3v) is 3.83. The van der Waals surface area contributed by atoms with Gasteiger partial charge in [0.15, 0.2) is 0 Å². The Morgan fingerprint density at radius 1 is 1.62 bits per heavy atom. The van der Waals surface area contributed by atoms with Gasteiger partial charge >= 0.3 is 5.97 Å². The summed E-state index contributed by atoms with van der Waals surface area (Å²) in [5.74, 6) is -1.32. The second-order valence-corrected chi connectivity index (χ2v) is 5.83. The zero-order chi connectivity index (χ0) is 15.6. The number of rotatable bonds is 4. The lowest BCUT2D eigenvalue weighted by Crippen LogP contribution is -2.27. The standard InChI is InChI=1S/C13H13BrN4O3/c1-7-2-9(14)4-10(13(20)21)12(7)18-6-8(3-11(18)19)5-16-17-15/h2,4,8H,3,5-6H2,1H3,(H,20,21). The van der Waals surface area contributed by atoms with Crippen LogP contribution in [0.3, 0.4) is 0 Å². The number of hydrogen-bond donors (Lipinski definition) is 1. The first-order valence-corrected chi connectivity index (χ1v) is 7.08. The number of carbonyl (C=O) groups excluding carboxylic acids is 1. The lowest BCUT2D eigenvalue weighted by Gasteiger charge is -2.21. The van der Waals surface area contributed by atoms with Crippen molar-refractivity contribution in [2.45, 2.75) is 13.3 Å². The molecule has 8 heteroatoms. The van der Waals surface area contributed by atoms with Crippen molar-refractivity contribution in [3.63, 3.8) is 0 Å². The predicted molar refractivity (Wildman–Crippen MR) is 80.3 cm³/mol. The molecule has 1 atom stereocenters. The molecule has 1 unspecified atom stereocenters. The van der Waals surface area contributed by atoms with Crippen LogP contribution in [0.1, 0.15) is 22.3 Å². The topological polar surface area (TPSA) is 106 Å². The van der Waals surface area contributed by atoms with Gasteiger partial charge in [-0.25, -0.2) is 4.79 Å². The van der Waals surface area contributed by atoms with Crippen LogP contribution in [0.2, 0.25) is 0 Å². The lowest BCUT2D eigenvalue weighted by molar-refractivity contribution is -0.117. The van der Waals surface area contributed by atoms with E-state index in [1.807, 2.05) is 0 Å². The number of anilines is 1. The molecule has 2 rings (SSSR count). The lowest BCUT2D eigenvalue weighted by atomic mass is 10.1. The summed E-state index contributed by atoms with van der Waals surface area (Å²) < 4.78 is 0.651. The number of carboxylic acid groups (broad SMARTS) is 1. The molecule has 1 fully saturated rings. The third-order valence-electron chi connectivity index (χ3n) is 3.37. The Labute approximate surface area is 129 Å². The number of halogens is 1. The Kier molecular flexibility index (Phi) is 4.50. The Morgan fingerprint density at radius 3 is 2.95 bits per heavy atom. The molecule has 0 aliphatic carbocycles. The van der Waals surface area contributed by atoms with Crippen molar-refractivity contribution in [3.05, 3.63) is 38.2 Å². The second-order valence-electron chi connectivity index (χ2n) is 4.91. The summed E-state index contributed by atoms with van der Waals surface area (Å²) in [5, 5.41) is 12.8. The number of benzene rings is 1. The molecular weight excluding hydrogens is 340 g/mol. The number of azide groups is 1. The van der Waals surface area contributed by atoms with Gasteiger partial charge in [0.05, 0.1) is 11.3 Å². The van der Waals surface area contributed by atoms with Crippen molar-refractivity contribution in [2.24, 2.45) is 11.0 Å². The monoisotopic (exact) mass is 352 g/mol. The van der Waals surface area contributed by atoms with E-state index in [2.05, 4.69) is 26.0 Å². The van der Waals surface area contributed by atoms with Crippen LogP contribution in [0.5, 0.6) is 0 Å². The molecule has 21 heavy (non-hydrogen) atoms. The maximum Gasteiger partial charge on any atom is 0.337 e. The Bertz CT molecular complexity index is 655. The maximum atomic E-state index is 12.1. The highest BCUT2D eigenvalue weighted by Crippen LogP contribution is 2.33. The summed E-state index contributed by atoms with van der Waals surface area (Å²) in [6, 6.07) is 3.26. The summed E-state index contributed by atoms with van der Waals surface area (Å²) in [6.07, 6.45) is 0.258. The SMILES string of the molecule is Cc1cc(Br)cc(C(=O)O)c1N1CC(CN=[N+]=[N-])CC1=O. The second kappa shape index (κ2) is 6.15. The van der Waals surface area contributed by atoms with Crippen molar-refractivity contribution >= 4 is 33.5 Å². The van der Waals surface area contributed by atoms with Crippen molar-refractivity contribution in [2.75, 3.05) is 18.0 Å². The molecule has 7 nitrogen and oxygen atoms in total. The molecule has 1 amide bonds. The summed E-state index contributed by atoms with van der Waals surface area (Å²) in [7, 11) is 0. The number of carboxylic acids is 1. The van der Waals surface area contributed by atoms with Gasteiger partial charge in [0, 0.05) is 28.9 Å². The highest BCUT2D eigenvalue weighted by Gasteiger charge is 2.33. The highest BCUT2D eigenvalue weighted by molar-refractivity contribution is 9.10. The minimum absolute atomic E-state index is 0.0830. The van der Waals surface area contributed by atoms with Gasteiger partial charge in [0.25, 0.3) is 0 Å². The molecule has 0 bridgehead atoms. The van der Waals surface area contributed by atoms with Gasteiger partial charge in [-0.15, -0.1) is 0 Å². The van der Waals surface area contributed by atoms with E-state index < -0.39 is 5.97 Å². The van der Waals surface area contributed by atoms with Gasteiger partial charge < -0.3 is 10.0 Å². The molecule has 0 aromatic heterocycles. The van der Waals surface area contributed by atoms with E-state index in [1.54, 1.807) is 13.0 Å². The zero-order valence-electron chi connectivity index (χ0n) is 11.3. The summed E-state index contributed by atoms with van der Waals surface area (Å²) in [4.78, 5) is 27.7. The predicted octanol–water partition coefficient (Wildman–Crippen LogP) is 3.12. The van der Waals surface area contributed by atoms with Gasteiger partial charge in [-0.1, -0.05) is 21.0 Å². The molecule has 1 heterocycles. The number of amides is 1. The Morgan fingerprint density at radius 2 is 2.33 bits per heavy atom. The Hall–Kier alpha value is -2.05. The first-order chi connectivity index (χ1) is 9.93. The molecule has 0 saturated carbocycles. The molecule has 1 aliphatic rings. The molecule has 0 radical (unpaired) electrons. The first kappa shape index (κ1) is 15.3. The van der Waals surface area contributed by atoms with Crippen molar-refractivity contribution in [3.8, 4) is 0 Å². The molecule has 1 aromatic rings. The smallest absolute Gasteiger partial charge is 0.337 e. The summed E-state index contributed by atoms with van der Waals surface area (Å²) in [6.45, 7) is 2.36. The molecule has 1 aromatic carbocycles. The van der Waals surface area contributed by atoms with Crippen LogP contribution >= 0.6 is 15.9 Å². The maximum absolute atomic E-state index is 12.1. The van der Waals surface area contributed by atoms with E-state index in [-0.39, 0.29) is 30.4 Å². The Balaban J connectivity index is 2.40. The molecule has 1 N–H and O–H groups in total. The van der Waals surface area contributed by atoms with Gasteiger partial charge in [-0.05, 0) is 36.1 Å². The van der Waals surface area contributed by atoms with E-state index in [4.69, 9.17) is 5.53 Å². The van der Waals surface area contributed by atoms with Crippen LogP contribution in [0, 0.1) is 12.8 Å². The summed E-state index contributed by atoms with van der Waals surface area (Å²) >= 11 is 3.26. The van der Waals surface area contributed by atoms with Crippen molar-refractivity contribution in [1.82, 2.24) is 0 Å². The van der Waals surface area contributed by atoms with Crippen LogP contribution in [0.15, 0.2) is 21.7 Å². The van der Waals surface area contributed by atoms with Crippen LogP contribution < -0.4 is 4.90 Å². The highest BCUT2D eigenvalue weighted by atomic mass is 79.9. The molecule has 0 spiro atoms. The number of hydrogen-bond acceptors (Lipinski definition) is 3. The normalized spacial score (nSPS) is 17.7. The molecule has 1 saturated heterocycles. The van der Waals surface area contributed by atoms with E-state index in [1.165, 1.54) is 11.0 Å². The minimum Gasteiger partial charge on any atom is -0.478 e. The molecule has 110 valence electrons. The van der Waals surface area contributed by atoms with Crippen LogP contribution in [0.25, 0.3) is 10.4 Å². The fourth-order valence-corrected chi connectivity index (χ4v) is 3.10. The van der Waals surface area contributed by atoms with Gasteiger partial charge in [-0.2, -0.15) is 0 Å². The van der Waals surface area contributed by atoms with Crippen molar-refractivity contribution < 1.29 is 14.7 Å². The number of aromatic carboxylic acids is 1. The number of carbonyl (C=O) groups is 2. The van der Waals surface area contributed by atoms with E-state index >= 15 is 0 Å². The summed E-state index contributed by atoms with van der Waals surface area (Å²) in [5.41, 5.74) is 9.55. The fourth-order valence-electron chi connectivity index (χ4n) is 2.53. The van der Waals surface area contributed by atoms with E-state index in [0.717, 1.165) is 0 Å². The first-order valence-electron chi connectivity index (χ1n) is 6.28.